The SMILES string of the molecule is CC1CCCCC1NS(=O)(=O)c1c(NN)nc2sccn12. The van der Waals surface area contributed by atoms with Gasteiger partial charge in [-0.05, 0) is 18.8 Å². The van der Waals surface area contributed by atoms with Crippen LogP contribution in [-0.2, 0) is 10.0 Å². The first-order valence-electron chi connectivity index (χ1n) is 6.97. The van der Waals surface area contributed by atoms with Gasteiger partial charge >= 0.3 is 0 Å². The standard InChI is InChI=1S/C12H19N5O2S2/c1-8-4-2-3-5-9(8)16-21(18,19)11-10(15-13)14-12-17(11)6-7-20-12/h6-9,15-16H,2-5,13H2,1H3. The number of anilines is 1. The van der Waals surface area contributed by atoms with Crippen LogP contribution in [0, 0.1) is 5.92 Å². The van der Waals surface area contributed by atoms with Gasteiger partial charge in [0.1, 0.15) is 0 Å². The second kappa shape index (κ2) is 5.56. The molecule has 4 N–H and O–H groups in total. The summed E-state index contributed by atoms with van der Waals surface area (Å²) in [6, 6.07) is -0.0291. The second-order valence-corrected chi connectivity index (χ2v) is 7.96. The van der Waals surface area contributed by atoms with Crippen LogP contribution >= 0.6 is 11.3 Å². The molecule has 0 amide bonds. The van der Waals surface area contributed by atoms with Gasteiger partial charge in [-0.25, -0.2) is 19.0 Å². The van der Waals surface area contributed by atoms with Crippen LogP contribution in [0.4, 0.5) is 5.82 Å². The minimum Gasteiger partial charge on any atom is -0.306 e. The summed E-state index contributed by atoms with van der Waals surface area (Å²) < 4.78 is 29.8. The van der Waals surface area contributed by atoms with Crippen LogP contribution in [-0.4, -0.2) is 23.8 Å². The normalized spacial score (nSPS) is 23.5. The van der Waals surface area contributed by atoms with Crippen LogP contribution in [0.25, 0.3) is 4.96 Å². The minimum atomic E-state index is -3.67. The summed E-state index contributed by atoms with van der Waals surface area (Å²) in [6.07, 6.45) is 5.83. The van der Waals surface area contributed by atoms with Crippen LogP contribution < -0.4 is 16.0 Å². The molecule has 1 aliphatic carbocycles. The fourth-order valence-electron chi connectivity index (χ4n) is 2.86. The van der Waals surface area contributed by atoms with Crippen molar-refractivity contribution in [3.8, 4) is 0 Å². The highest BCUT2D eigenvalue weighted by molar-refractivity contribution is 7.89. The average Bonchev–Trinajstić information content (AvgIpc) is 3.00. The van der Waals surface area contributed by atoms with Crippen molar-refractivity contribution in [2.24, 2.45) is 11.8 Å². The zero-order chi connectivity index (χ0) is 15.0. The van der Waals surface area contributed by atoms with Crippen LogP contribution in [0.2, 0.25) is 0 Å². The number of thiazole rings is 1. The summed E-state index contributed by atoms with van der Waals surface area (Å²) in [5, 5.41) is 1.88. The number of hydrazine groups is 1. The molecule has 3 rings (SSSR count). The van der Waals surface area contributed by atoms with Gasteiger partial charge in [0.15, 0.2) is 10.8 Å². The maximum Gasteiger partial charge on any atom is 0.260 e. The molecule has 21 heavy (non-hydrogen) atoms. The van der Waals surface area contributed by atoms with E-state index in [1.807, 2.05) is 0 Å². The highest BCUT2D eigenvalue weighted by atomic mass is 32.2. The Kier molecular flexibility index (Phi) is 3.91. The predicted molar refractivity (Wildman–Crippen MR) is 82.6 cm³/mol. The van der Waals surface area contributed by atoms with Gasteiger partial charge in [0, 0.05) is 17.6 Å². The predicted octanol–water partition coefficient (Wildman–Crippen LogP) is 1.54. The van der Waals surface area contributed by atoms with E-state index in [1.165, 1.54) is 11.3 Å². The number of imidazole rings is 1. The number of nitrogens with zero attached hydrogens (tertiary/aromatic N) is 2. The Hall–Kier alpha value is -1.16. The van der Waals surface area contributed by atoms with E-state index < -0.39 is 10.0 Å². The Balaban J connectivity index is 1.97. The topological polar surface area (TPSA) is 102 Å². The van der Waals surface area contributed by atoms with Crippen molar-refractivity contribution in [1.82, 2.24) is 14.1 Å². The number of nitrogen functional groups attached to an aromatic ring is 1. The van der Waals surface area contributed by atoms with Crippen LogP contribution in [0.5, 0.6) is 0 Å². The summed E-state index contributed by atoms with van der Waals surface area (Å²) >= 11 is 1.36. The number of hydrogen-bond donors (Lipinski definition) is 3. The highest BCUT2D eigenvalue weighted by Gasteiger charge is 2.31. The Morgan fingerprint density at radius 2 is 2.19 bits per heavy atom. The van der Waals surface area contributed by atoms with Gasteiger partial charge in [0.2, 0.25) is 5.03 Å². The van der Waals surface area contributed by atoms with E-state index in [0.717, 1.165) is 25.7 Å². The van der Waals surface area contributed by atoms with E-state index in [-0.39, 0.29) is 16.9 Å². The van der Waals surface area contributed by atoms with Crippen LogP contribution in [0.1, 0.15) is 32.6 Å². The maximum absolute atomic E-state index is 12.7. The zero-order valence-electron chi connectivity index (χ0n) is 11.7. The number of sulfonamides is 1. The largest absolute Gasteiger partial charge is 0.306 e. The van der Waals surface area contributed by atoms with Gasteiger partial charge in [0.05, 0.1) is 0 Å². The fraction of sp³-hybridized carbons (Fsp3) is 0.583. The Bertz CT molecular complexity index is 736. The van der Waals surface area contributed by atoms with Crippen molar-refractivity contribution in [2.75, 3.05) is 5.43 Å². The van der Waals surface area contributed by atoms with Crippen molar-refractivity contribution in [3.63, 3.8) is 0 Å². The molecule has 0 aromatic carbocycles. The molecule has 1 aliphatic rings. The molecule has 2 heterocycles. The molecule has 0 saturated heterocycles. The smallest absolute Gasteiger partial charge is 0.260 e. The molecule has 0 spiro atoms. The van der Waals surface area contributed by atoms with E-state index in [2.05, 4.69) is 22.1 Å². The molecule has 0 aliphatic heterocycles. The lowest BCUT2D eigenvalue weighted by atomic mass is 9.87. The van der Waals surface area contributed by atoms with Crippen molar-refractivity contribution in [3.05, 3.63) is 11.6 Å². The number of nitrogens with two attached hydrogens (primary N) is 1. The number of hydrogen-bond acceptors (Lipinski definition) is 6. The van der Waals surface area contributed by atoms with E-state index >= 15 is 0 Å². The lowest BCUT2D eigenvalue weighted by Gasteiger charge is -2.29. The van der Waals surface area contributed by atoms with Crippen molar-refractivity contribution < 1.29 is 8.42 Å². The van der Waals surface area contributed by atoms with Crippen LogP contribution in [0.15, 0.2) is 16.6 Å². The monoisotopic (exact) mass is 329 g/mol. The van der Waals surface area contributed by atoms with Crippen molar-refractivity contribution in [2.45, 2.75) is 43.7 Å². The third-order valence-electron chi connectivity index (χ3n) is 4.03. The minimum absolute atomic E-state index is 0.0291. The molecule has 2 unspecified atom stereocenters. The Labute approximate surface area is 127 Å². The van der Waals surface area contributed by atoms with E-state index in [4.69, 9.17) is 5.84 Å². The number of fused-ring (bicyclic) bond motifs is 1. The lowest BCUT2D eigenvalue weighted by molar-refractivity contribution is 0.310. The molecule has 116 valence electrons. The van der Waals surface area contributed by atoms with E-state index in [0.29, 0.717) is 10.9 Å². The zero-order valence-corrected chi connectivity index (χ0v) is 13.4. The first-order chi connectivity index (χ1) is 10.0. The molecule has 1 saturated carbocycles. The summed E-state index contributed by atoms with van der Waals surface area (Å²) in [7, 11) is -3.67. The molecular formula is C12H19N5O2S2. The average molecular weight is 329 g/mol. The molecule has 1 fully saturated rings. The molecule has 2 aromatic heterocycles. The number of rotatable bonds is 4. The first-order valence-corrected chi connectivity index (χ1v) is 9.33. The summed E-state index contributed by atoms with van der Waals surface area (Å²) in [5.41, 5.74) is 2.38. The fourth-order valence-corrected chi connectivity index (χ4v) is 5.26. The van der Waals surface area contributed by atoms with Crippen LogP contribution in [0.3, 0.4) is 0 Å². The third-order valence-corrected chi connectivity index (χ3v) is 6.30. The van der Waals surface area contributed by atoms with Gasteiger partial charge in [-0.3, -0.25) is 4.40 Å². The summed E-state index contributed by atoms with van der Waals surface area (Å²) in [6.45, 7) is 2.09. The first kappa shape index (κ1) is 14.8. The van der Waals surface area contributed by atoms with E-state index in [9.17, 15) is 8.42 Å². The van der Waals surface area contributed by atoms with Gasteiger partial charge in [-0.1, -0.05) is 19.8 Å². The molecular weight excluding hydrogens is 310 g/mol. The molecule has 9 heteroatoms. The van der Waals surface area contributed by atoms with Crippen molar-refractivity contribution in [1.29, 1.82) is 0 Å². The molecule has 7 nitrogen and oxygen atoms in total. The van der Waals surface area contributed by atoms with Gasteiger partial charge in [-0.15, -0.1) is 11.3 Å². The Morgan fingerprint density at radius 3 is 2.90 bits per heavy atom. The molecule has 2 aromatic rings. The Morgan fingerprint density at radius 1 is 1.43 bits per heavy atom. The summed E-state index contributed by atoms with van der Waals surface area (Å²) in [4.78, 5) is 4.79. The molecule has 0 bridgehead atoms. The quantitative estimate of drug-likeness (QED) is 0.583. The number of aromatic nitrogens is 2. The molecule has 0 radical (unpaired) electrons. The van der Waals surface area contributed by atoms with Gasteiger partial charge in [0.25, 0.3) is 10.0 Å². The summed E-state index contributed by atoms with van der Waals surface area (Å²) in [5.74, 6) is 5.94. The van der Waals surface area contributed by atoms with Gasteiger partial charge < -0.3 is 5.43 Å². The van der Waals surface area contributed by atoms with Crippen molar-refractivity contribution >= 4 is 32.1 Å². The molecule has 2 atom stereocenters. The van der Waals surface area contributed by atoms with E-state index in [1.54, 1.807) is 16.0 Å². The number of nitrogens with one attached hydrogen (secondary N) is 2. The highest BCUT2D eigenvalue weighted by Crippen LogP contribution is 2.28. The lowest BCUT2D eigenvalue weighted by Crippen LogP contribution is -2.41. The third kappa shape index (κ3) is 2.66. The van der Waals surface area contributed by atoms with Gasteiger partial charge in [-0.2, -0.15) is 4.98 Å². The maximum atomic E-state index is 12.7. The second-order valence-electron chi connectivity index (χ2n) is 5.46.